The number of methoxy groups -OCH3 is 1. The van der Waals surface area contributed by atoms with Crippen molar-refractivity contribution >= 4 is 17.7 Å². The van der Waals surface area contributed by atoms with E-state index in [4.69, 9.17) is 16.3 Å². The number of ether oxygens (including phenoxy) is 1. The Morgan fingerprint density at radius 1 is 1.64 bits per heavy atom. The summed E-state index contributed by atoms with van der Waals surface area (Å²) in [6.45, 7) is 3.57. The summed E-state index contributed by atoms with van der Waals surface area (Å²) in [7, 11) is 1.55. The van der Waals surface area contributed by atoms with E-state index in [1.165, 1.54) is 0 Å². The van der Waals surface area contributed by atoms with Gasteiger partial charge in [-0.3, -0.25) is 0 Å². The number of aromatic nitrogens is 1. The molecule has 0 aliphatic carbocycles. The van der Waals surface area contributed by atoms with Gasteiger partial charge in [-0.1, -0.05) is 18.2 Å². The van der Waals surface area contributed by atoms with Crippen LogP contribution in [0, 0.1) is 0 Å². The van der Waals surface area contributed by atoms with Crippen LogP contribution in [0.25, 0.3) is 6.08 Å². The molecule has 1 heterocycles. The van der Waals surface area contributed by atoms with Crippen LogP contribution in [-0.2, 0) is 0 Å². The van der Waals surface area contributed by atoms with Crippen molar-refractivity contribution in [3.05, 3.63) is 29.6 Å². The van der Waals surface area contributed by atoms with Crippen LogP contribution in [0.3, 0.4) is 0 Å². The summed E-state index contributed by atoms with van der Waals surface area (Å²) in [4.78, 5) is 3.98. The third kappa shape index (κ3) is 1.71. The first-order valence-corrected chi connectivity index (χ1v) is 3.48. The molecule has 0 radical (unpaired) electrons. The minimum atomic E-state index is 0.366. The highest BCUT2D eigenvalue weighted by molar-refractivity contribution is 6.30. The fourth-order valence-corrected chi connectivity index (χ4v) is 0.939. The highest BCUT2D eigenvalue weighted by Gasteiger charge is 1.99. The van der Waals surface area contributed by atoms with Crippen LogP contribution in [0.4, 0.5) is 0 Å². The number of nitrogens with zero attached hydrogens (tertiary/aromatic N) is 1. The minimum absolute atomic E-state index is 0.366. The van der Waals surface area contributed by atoms with E-state index in [1.807, 2.05) is 0 Å². The molecule has 1 aromatic heterocycles. The van der Waals surface area contributed by atoms with Crippen molar-refractivity contribution in [3.8, 4) is 5.75 Å². The van der Waals surface area contributed by atoms with Crippen molar-refractivity contribution in [2.45, 2.75) is 0 Å². The predicted octanol–water partition coefficient (Wildman–Crippen LogP) is 2.39. The van der Waals surface area contributed by atoms with Crippen LogP contribution >= 0.6 is 11.6 Å². The maximum Gasteiger partial charge on any atom is 0.171 e. The van der Waals surface area contributed by atoms with Gasteiger partial charge in [0.2, 0.25) is 0 Å². The summed E-state index contributed by atoms with van der Waals surface area (Å²) in [6.07, 6.45) is 1.63. The lowest BCUT2D eigenvalue weighted by Crippen LogP contribution is -1.87. The second-order valence-corrected chi connectivity index (χ2v) is 2.29. The summed E-state index contributed by atoms with van der Waals surface area (Å²) < 4.78 is 4.92. The fourth-order valence-electron chi connectivity index (χ4n) is 0.701. The van der Waals surface area contributed by atoms with Gasteiger partial charge < -0.3 is 4.74 Å². The van der Waals surface area contributed by atoms with Crippen molar-refractivity contribution in [2.75, 3.05) is 7.11 Å². The minimum Gasteiger partial charge on any atom is -0.494 e. The van der Waals surface area contributed by atoms with Crippen molar-refractivity contribution < 1.29 is 4.74 Å². The van der Waals surface area contributed by atoms with E-state index in [0.717, 1.165) is 5.69 Å². The first kappa shape index (κ1) is 8.08. The molecular weight excluding hydrogens is 162 g/mol. The molecular formula is C8H8ClNO. The molecule has 0 aliphatic rings. The molecule has 58 valence electrons. The van der Waals surface area contributed by atoms with Gasteiger partial charge >= 0.3 is 0 Å². The zero-order valence-electron chi connectivity index (χ0n) is 6.17. The van der Waals surface area contributed by atoms with Gasteiger partial charge in [0, 0.05) is 0 Å². The SMILES string of the molecule is C=Cc1ccc(OC)c(Cl)n1. The lowest BCUT2D eigenvalue weighted by atomic mass is 10.3. The van der Waals surface area contributed by atoms with Gasteiger partial charge in [-0.05, 0) is 18.2 Å². The number of hydrogen-bond acceptors (Lipinski definition) is 2. The largest absolute Gasteiger partial charge is 0.494 e. The van der Waals surface area contributed by atoms with Crippen LogP contribution in [0.5, 0.6) is 5.75 Å². The Hall–Kier alpha value is -1.02. The molecule has 3 heteroatoms. The summed E-state index contributed by atoms with van der Waals surface area (Å²) in [5, 5.41) is 0.366. The highest BCUT2D eigenvalue weighted by Crippen LogP contribution is 2.21. The summed E-state index contributed by atoms with van der Waals surface area (Å²) in [5.41, 5.74) is 0.746. The fraction of sp³-hybridized carbons (Fsp3) is 0.125. The zero-order chi connectivity index (χ0) is 8.27. The van der Waals surface area contributed by atoms with E-state index in [1.54, 1.807) is 25.3 Å². The second kappa shape index (κ2) is 3.39. The van der Waals surface area contributed by atoms with Gasteiger partial charge in [-0.15, -0.1) is 0 Å². The number of hydrogen-bond donors (Lipinski definition) is 0. The highest BCUT2D eigenvalue weighted by atomic mass is 35.5. The molecule has 0 amide bonds. The maximum atomic E-state index is 5.72. The monoisotopic (exact) mass is 169 g/mol. The number of halogens is 1. The molecule has 0 spiro atoms. The van der Waals surface area contributed by atoms with Gasteiger partial charge in [0.15, 0.2) is 10.9 Å². The molecule has 0 unspecified atom stereocenters. The van der Waals surface area contributed by atoms with Crippen LogP contribution < -0.4 is 4.74 Å². The molecule has 0 bridgehead atoms. The number of pyridine rings is 1. The summed E-state index contributed by atoms with van der Waals surface area (Å²) >= 11 is 5.72. The molecule has 0 N–H and O–H groups in total. The molecule has 1 aromatic rings. The summed E-state index contributed by atoms with van der Waals surface area (Å²) in [6, 6.07) is 3.55. The normalized spacial score (nSPS) is 9.27. The smallest absolute Gasteiger partial charge is 0.171 e. The average Bonchev–Trinajstić information content (AvgIpc) is 2.04. The Bertz CT molecular complexity index is 273. The van der Waals surface area contributed by atoms with Crippen molar-refractivity contribution in [1.29, 1.82) is 0 Å². The van der Waals surface area contributed by atoms with Crippen LogP contribution in [0.1, 0.15) is 5.69 Å². The standard InChI is InChI=1S/C8H8ClNO/c1-3-6-4-5-7(11-2)8(9)10-6/h3-5H,1H2,2H3. The third-order valence-corrected chi connectivity index (χ3v) is 1.54. The Morgan fingerprint density at radius 2 is 2.36 bits per heavy atom. The Labute approximate surface area is 70.5 Å². The van der Waals surface area contributed by atoms with Gasteiger partial charge in [-0.25, -0.2) is 4.98 Å². The molecule has 0 aromatic carbocycles. The maximum absolute atomic E-state index is 5.72. The van der Waals surface area contributed by atoms with Crippen LogP contribution in [0.15, 0.2) is 18.7 Å². The van der Waals surface area contributed by atoms with Crippen LogP contribution in [-0.4, -0.2) is 12.1 Å². The van der Waals surface area contributed by atoms with E-state index in [-0.39, 0.29) is 0 Å². The molecule has 0 saturated heterocycles. The first-order valence-electron chi connectivity index (χ1n) is 3.11. The lowest BCUT2D eigenvalue weighted by Gasteiger charge is -2.01. The number of rotatable bonds is 2. The van der Waals surface area contributed by atoms with Crippen molar-refractivity contribution in [3.63, 3.8) is 0 Å². The molecule has 11 heavy (non-hydrogen) atoms. The van der Waals surface area contributed by atoms with Crippen molar-refractivity contribution in [1.82, 2.24) is 4.98 Å². The van der Waals surface area contributed by atoms with Gasteiger partial charge in [-0.2, -0.15) is 0 Å². The van der Waals surface area contributed by atoms with E-state index in [0.29, 0.717) is 10.9 Å². The molecule has 0 fully saturated rings. The third-order valence-electron chi connectivity index (χ3n) is 1.27. The first-order chi connectivity index (χ1) is 5.27. The lowest BCUT2D eigenvalue weighted by molar-refractivity contribution is 0.413. The van der Waals surface area contributed by atoms with Gasteiger partial charge in [0.1, 0.15) is 0 Å². The Balaban J connectivity index is 3.09. The quantitative estimate of drug-likeness (QED) is 0.635. The van der Waals surface area contributed by atoms with Crippen LogP contribution in [0.2, 0.25) is 5.15 Å². The predicted molar refractivity (Wildman–Crippen MR) is 45.9 cm³/mol. The van der Waals surface area contributed by atoms with E-state index in [9.17, 15) is 0 Å². The molecule has 0 atom stereocenters. The molecule has 1 rings (SSSR count). The second-order valence-electron chi connectivity index (χ2n) is 1.93. The molecule has 0 aliphatic heterocycles. The van der Waals surface area contributed by atoms with Gasteiger partial charge in [0.05, 0.1) is 12.8 Å². The Morgan fingerprint density at radius 3 is 2.82 bits per heavy atom. The topological polar surface area (TPSA) is 22.1 Å². The van der Waals surface area contributed by atoms with E-state index in [2.05, 4.69) is 11.6 Å². The van der Waals surface area contributed by atoms with E-state index < -0.39 is 0 Å². The summed E-state index contributed by atoms with van der Waals surface area (Å²) in [5.74, 6) is 0.581. The van der Waals surface area contributed by atoms with Gasteiger partial charge in [0.25, 0.3) is 0 Å². The van der Waals surface area contributed by atoms with Crippen molar-refractivity contribution in [2.24, 2.45) is 0 Å². The molecule has 0 saturated carbocycles. The Kier molecular flexibility index (Phi) is 2.49. The van der Waals surface area contributed by atoms with E-state index >= 15 is 0 Å². The average molecular weight is 170 g/mol. The molecule has 2 nitrogen and oxygen atoms in total. The zero-order valence-corrected chi connectivity index (χ0v) is 6.93.